The molecule has 0 amide bonds. The molecule has 1 heterocycles. The van der Waals surface area contributed by atoms with Gasteiger partial charge in [-0.3, -0.25) is 0 Å². The number of carboxylic acid groups (broad SMARTS) is 1. The van der Waals surface area contributed by atoms with Gasteiger partial charge in [0.25, 0.3) is 8.32 Å². The SMILES string of the molecule is CC(C)(CCc1ccc(C(=O)O)nc1)[Si](O)(c1ccccc1)c1ccccc1. The Hall–Kier alpha value is -2.76. The molecule has 2 aromatic carbocycles. The Morgan fingerprint density at radius 2 is 1.46 bits per heavy atom. The van der Waals surface area contributed by atoms with Crippen molar-refractivity contribution in [2.45, 2.75) is 31.7 Å². The number of rotatable bonds is 7. The van der Waals surface area contributed by atoms with E-state index < -0.39 is 14.3 Å². The summed E-state index contributed by atoms with van der Waals surface area (Å²) in [7, 11) is -3.03. The Labute approximate surface area is 166 Å². The molecule has 4 nitrogen and oxygen atoms in total. The van der Waals surface area contributed by atoms with E-state index in [0.29, 0.717) is 0 Å². The molecule has 0 aliphatic carbocycles. The van der Waals surface area contributed by atoms with Crippen LogP contribution in [0.15, 0.2) is 79.0 Å². The molecular formula is C23H25NO3Si. The monoisotopic (exact) mass is 391 g/mol. The Morgan fingerprint density at radius 1 is 0.929 bits per heavy atom. The molecule has 0 unspecified atom stereocenters. The zero-order valence-electron chi connectivity index (χ0n) is 16.2. The minimum absolute atomic E-state index is 0.0439. The third-order valence-electron chi connectivity index (χ3n) is 5.45. The molecule has 3 aromatic rings. The molecule has 0 spiro atoms. The summed E-state index contributed by atoms with van der Waals surface area (Å²) in [5.41, 5.74) is 1.01. The predicted octanol–water partition coefficient (Wildman–Crippen LogP) is 3.24. The smallest absolute Gasteiger partial charge is 0.354 e. The van der Waals surface area contributed by atoms with Crippen molar-refractivity contribution in [3.8, 4) is 0 Å². The molecule has 0 aliphatic heterocycles. The molecule has 1 aromatic heterocycles. The van der Waals surface area contributed by atoms with Crippen LogP contribution in [0.25, 0.3) is 0 Å². The minimum atomic E-state index is -3.03. The standard InChI is InChI=1S/C23H25NO3Si/c1-23(2,16-15-18-13-14-21(22(25)26)24-17-18)28(27,19-9-5-3-6-10-19)20-11-7-4-8-12-20/h3-14,17,27H,15-16H2,1-2H3,(H,25,26). The van der Waals surface area contributed by atoms with E-state index in [1.807, 2.05) is 60.7 Å². The largest absolute Gasteiger partial charge is 0.477 e. The first-order valence-electron chi connectivity index (χ1n) is 9.36. The van der Waals surface area contributed by atoms with Gasteiger partial charge in [-0.15, -0.1) is 0 Å². The number of pyridine rings is 1. The third-order valence-corrected chi connectivity index (χ3v) is 9.99. The van der Waals surface area contributed by atoms with Gasteiger partial charge in [0.2, 0.25) is 0 Å². The molecule has 5 heteroatoms. The summed E-state index contributed by atoms with van der Waals surface area (Å²) < 4.78 is 0. The summed E-state index contributed by atoms with van der Waals surface area (Å²) in [4.78, 5) is 27.1. The minimum Gasteiger partial charge on any atom is -0.477 e. The van der Waals surface area contributed by atoms with Crippen LogP contribution in [0.5, 0.6) is 0 Å². The van der Waals surface area contributed by atoms with Crippen LogP contribution in [0, 0.1) is 0 Å². The maximum atomic E-state index is 12.1. The molecule has 0 fully saturated rings. The highest BCUT2D eigenvalue weighted by Crippen LogP contribution is 2.39. The first-order chi connectivity index (χ1) is 13.3. The van der Waals surface area contributed by atoms with Gasteiger partial charge in [0.05, 0.1) is 0 Å². The van der Waals surface area contributed by atoms with Crippen molar-refractivity contribution in [2.75, 3.05) is 0 Å². The van der Waals surface area contributed by atoms with Gasteiger partial charge in [-0.25, -0.2) is 9.78 Å². The quantitative estimate of drug-likeness (QED) is 0.607. The van der Waals surface area contributed by atoms with Crippen LogP contribution in [-0.2, 0) is 6.42 Å². The van der Waals surface area contributed by atoms with Gasteiger partial charge in [0.1, 0.15) is 5.69 Å². The zero-order valence-corrected chi connectivity index (χ0v) is 17.2. The fourth-order valence-corrected chi connectivity index (χ4v) is 7.38. The second-order valence-corrected chi connectivity index (χ2v) is 11.6. The van der Waals surface area contributed by atoms with Gasteiger partial charge < -0.3 is 9.90 Å². The first kappa shape index (κ1) is 20.0. The maximum Gasteiger partial charge on any atom is 0.354 e. The summed E-state index contributed by atoms with van der Waals surface area (Å²) in [5.74, 6) is -1.03. The normalized spacial score (nSPS) is 12.0. The Bertz CT molecular complexity index is 886. The molecule has 28 heavy (non-hydrogen) atoms. The molecule has 0 saturated heterocycles. The Balaban J connectivity index is 1.91. The van der Waals surface area contributed by atoms with E-state index in [1.54, 1.807) is 12.3 Å². The Kier molecular flexibility index (Phi) is 5.77. The average Bonchev–Trinajstić information content (AvgIpc) is 2.73. The highest BCUT2D eigenvalue weighted by molar-refractivity contribution is 6.98. The van der Waals surface area contributed by atoms with Crippen LogP contribution in [0.2, 0.25) is 5.04 Å². The van der Waals surface area contributed by atoms with E-state index in [1.165, 1.54) is 6.07 Å². The lowest BCUT2D eigenvalue weighted by Gasteiger charge is -2.41. The number of carboxylic acids is 1. The predicted molar refractivity (Wildman–Crippen MR) is 114 cm³/mol. The van der Waals surface area contributed by atoms with Gasteiger partial charge >= 0.3 is 5.97 Å². The number of carbonyl (C=O) groups is 1. The molecule has 0 bridgehead atoms. The number of aryl methyl sites for hydroxylation is 1. The van der Waals surface area contributed by atoms with Crippen molar-refractivity contribution in [3.63, 3.8) is 0 Å². The average molecular weight is 392 g/mol. The summed E-state index contributed by atoms with van der Waals surface area (Å²) >= 11 is 0. The van der Waals surface area contributed by atoms with Crippen LogP contribution in [0.4, 0.5) is 0 Å². The van der Waals surface area contributed by atoms with E-state index in [-0.39, 0.29) is 10.7 Å². The van der Waals surface area contributed by atoms with Crippen LogP contribution >= 0.6 is 0 Å². The van der Waals surface area contributed by atoms with Crippen molar-refractivity contribution in [3.05, 3.63) is 90.3 Å². The fraction of sp³-hybridized carbons (Fsp3) is 0.217. The van der Waals surface area contributed by atoms with Crippen LogP contribution < -0.4 is 10.4 Å². The van der Waals surface area contributed by atoms with Crippen LogP contribution in [-0.4, -0.2) is 29.2 Å². The van der Waals surface area contributed by atoms with E-state index in [9.17, 15) is 9.59 Å². The number of benzene rings is 2. The van der Waals surface area contributed by atoms with Gasteiger partial charge in [-0.1, -0.05) is 80.6 Å². The summed E-state index contributed by atoms with van der Waals surface area (Å²) in [6, 6.07) is 23.2. The van der Waals surface area contributed by atoms with Crippen molar-refractivity contribution in [1.82, 2.24) is 4.98 Å². The Morgan fingerprint density at radius 3 is 1.89 bits per heavy atom. The van der Waals surface area contributed by atoms with Gasteiger partial charge in [0.15, 0.2) is 0 Å². The molecule has 0 saturated carbocycles. The third kappa shape index (κ3) is 3.91. The van der Waals surface area contributed by atoms with Crippen LogP contribution in [0.3, 0.4) is 0 Å². The van der Waals surface area contributed by atoms with Crippen LogP contribution in [0.1, 0.15) is 36.3 Å². The number of hydrogen-bond donors (Lipinski definition) is 2. The first-order valence-corrected chi connectivity index (χ1v) is 11.3. The highest BCUT2D eigenvalue weighted by atomic mass is 28.4. The summed E-state index contributed by atoms with van der Waals surface area (Å²) in [6.07, 6.45) is 3.09. The van der Waals surface area contributed by atoms with E-state index >= 15 is 0 Å². The second-order valence-electron chi connectivity index (χ2n) is 7.68. The lowest BCUT2D eigenvalue weighted by atomic mass is 10.0. The number of nitrogens with zero attached hydrogens (tertiary/aromatic N) is 1. The van der Waals surface area contributed by atoms with Crippen molar-refractivity contribution >= 4 is 24.7 Å². The molecule has 3 rings (SSSR count). The number of hydrogen-bond acceptors (Lipinski definition) is 3. The van der Waals surface area contributed by atoms with Gasteiger partial charge in [-0.05, 0) is 39.9 Å². The topological polar surface area (TPSA) is 70.4 Å². The van der Waals surface area contributed by atoms with E-state index in [2.05, 4.69) is 18.8 Å². The summed E-state index contributed by atoms with van der Waals surface area (Å²) in [6.45, 7) is 4.25. The number of aromatic carboxylic acids is 1. The molecular weight excluding hydrogens is 366 g/mol. The maximum absolute atomic E-state index is 12.1. The van der Waals surface area contributed by atoms with Crippen molar-refractivity contribution < 1.29 is 14.7 Å². The fourth-order valence-electron chi connectivity index (χ4n) is 3.64. The molecule has 144 valence electrons. The van der Waals surface area contributed by atoms with Crippen molar-refractivity contribution in [2.24, 2.45) is 0 Å². The molecule has 0 aliphatic rings. The molecule has 0 radical (unpaired) electrons. The zero-order chi connectivity index (χ0) is 20.2. The second kappa shape index (κ2) is 8.08. The molecule has 0 atom stereocenters. The number of aromatic nitrogens is 1. The van der Waals surface area contributed by atoms with E-state index in [0.717, 1.165) is 28.8 Å². The highest BCUT2D eigenvalue weighted by Gasteiger charge is 2.49. The lowest BCUT2D eigenvalue weighted by molar-refractivity contribution is 0.0690. The lowest BCUT2D eigenvalue weighted by Crippen LogP contribution is -2.65. The summed E-state index contributed by atoms with van der Waals surface area (Å²) in [5, 5.41) is 10.6. The van der Waals surface area contributed by atoms with Gasteiger partial charge in [0, 0.05) is 6.20 Å². The van der Waals surface area contributed by atoms with E-state index in [4.69, 9.17) is 5.11 Å². The van der Waals surface area contributed by atoms with Crippen molar-refractivity contribution in [1.29, 1.82) is 0 Å². The molecule has 2 N–H and O–H groups in total. The van der Waals surface area contributed by atoms with Gasteiger partial charge in [-0.2, -0.15) is 0 Å².